The van der Waals surface area contributed by atoms with Crippen molar-refractivity contribution in [2.45, 2.75) is 59.3 Å². The minimum atomic E-state index is 0.205. The summed E-state index contributed by atoms with van der Waals surface area (Å²) in [5.41, 5.74) is 0. The van der Waals surface area contributed by atoms with E-state index >= 15 is 0 Å². The Morgan fingerprint density at radius 3 is 2.36 bits per heavy atom. The number of rotatable bonds is 8. The molecule has 0 aliphatic heterocycles. The molecule has 14 heavy (non-hydrogen) atoms. The summed E-state index contributed by atoms with van der Waals surface area (Å²) in [6.45, 7) is 7.23. The summed E-state index contributed by atoms with van der Waals surface area (Å²) in [7, 11) is 0. The highest BCUT2D eigenvalue weighted by molar-refractivity contribution is 5.75. The molecule has 0 aromatic heterocycles. The average molecular weight is 199 g/mol. The highest BCUT2D eigenvalue weighted by Gasteiger charge is 1.99. The first-order chi connectivity index (χ1) is 6.66. The standard InChI is InChI=1S/C12H25NO/c1-4-13-12(14)10-8-6-5-7-9-11(2)3/h11H,4-10H2,1-3H3,(H,13,14). The fourth-order valence-corrected chi connectivity index (χ4v) is 1.48. The third kappa shape index (κ3) is 9.56. The molecule has 1 amide bonds. The van der Waals surface area contributed by atoms with Gasteiger partial charge in [-0.05, 0) is 19.3 Å². The largest absolute Gasteiger partial charge is 0.356 e. The van der Waals surface area contributed by atoms with E-state index in [-0.39, 0.29) is 5.91 Å². The maximum absolute atomic E-state index is 11.1. The number of carbonyl (C=O) groups excluding carboxylic acids is 1. The molecule has 2 nitrogen and oxygen atoms in total. The van der Waals surface area contributed by atoms with E-state index in [1.54, 1.807) is 0 Å². The fraction of sp³-hybridized carbons (Fsp3) is 0.917. The van der Waals surface area contributed by atoms with Gasteiger partial charge in [-0.1, -0.05) is 39.5 Å². The van der Waals surface area contributed by atoms with E-state index in [1.807, 2.05) is 6.92 Å². The van der Waals surface area contributed by atoms with Gasteiger partial charge in [-0.15, -0.1) is 0 Å². The topological polar surface area (TPSA) is 29.1 Å². The summed E-state index contributed by atoms with van der Waals surface area (Å²) >= 11 is 0. The Bertz CT molecular complexity index is 143. The number of hydrogen-bond acceptors (Lipinski definition) is 1. The van der Waals surface area contributed by atoms with Crippen molar-refractivity contribution < 1.29 is 4.79 Å². The molecule has 0 saturated heterocycles. The highest BCUT2D eigenvalue weighted by Crippen LogP contribution is 2.10. The number of unbranched alkanes of at least 4 members (excludes halogenated alkanes) is 3. The molecular weight excluding hydrogens is 174 g/mol. The van der Waals surface area contributed by atoms with E-state index in [4.69, 9.17) is 0 Å². The van der Waals surface area contributed by atoms with E-state index in [9.17, 15) is 4.79 Å². The number of nitrogens with one attached hydrogen (secondary N) is 1. The van der Waals surface area contributed by atoms with Crippen molar-refractivity contribution in [2.75, 3.05) is 6.54 Å². The van der Waals surface area contributed by atoms with Gasteiger partial charge < -0.3 is 5.32 Å². The molecule has 2 heteroatoms. The molecule has 0 aromatic carbocycles. The summed E-state index contributed by atoms with van der Waals surface area (Å²) in [5, 5.41) is 2.82. The summed E-state index contributed by atoms with van der Waals surface area (Å²) in [5.74, 6) is 1.02. The molecule has 1 N–H and O–H groups in total. The number of amides is 1. The van der Waals surface area contributed by atoms with Crippen LogP contribution in [0.15, 0.2) is 0 Å². The molecule has 0 saturated carbocycles. The van der Waals surface area contributed by atoms with Gasteiger partial charge in [0.05, 0.1) is 0 Å². The Labute approximate surface area is 88.5 Å². The van der Waals surface area contributed by atoms with Crippen LogP contribution in [0.2, 0.25) is 0 Å². The van der Waals surface area contributed by atoms with Gasteiger partial charge in [-0.25, -0.2) is 0 Å². The minimum Gasteiger partial charge on any atom is -0.356 e. The van der Waals surface area contributed by atoms with Crippen LogP contribution in [0.3, 0.4) is 0 Å². The summed E-state index contributed by atoms with van der Waals surface area (Å²) in [6, 6.07) is 0. The summed E-state index contributed by atoms with van der Waals surface area (Å²) < 4.78 is 0. The molecule has 0 aliphatic carbocycles. The average Bonchev–Trinajstić information content (AvgIpc) is 2.11. The Hall–Kier alpha value is -0.530. The van der Waals surface area contributed by atoms with Gasteiger partial charge >= 0.3 is 0 Å². The molecule has 0 bridgehead atoms. The van der Waals surface area contributed by atoms with Gasteiger partial charge in [0, 0.05) is 13.0 Å². The molecule has 0 aromatic rings. The van der Waals surface area contributed by atoms with Crippen LogP contribution in [0.25, 0.3) is 0 Å². The van der Waals surface area contributed by atoms with Crippen LogP contribution < -0.4 is 5.32 Å². The Balaban J connectivity index is 3.09. The van der Waals surface area contributed by atoms with Crippen molar-refractivity contribution >= 4 is 5.91 Å². The zero-order valence-corrected chi connectivity index (χ0v) is 9.94. The van der Waals surface area contributed by atoms with Crippen LogP contribution in [0.1, 0.15) is 59.3 Å². The van der Waals surface area contributed by atoms with Crippen LogP contribution >= 0.6 is 0 Å². The molecule has 0 atom stereocenters. The van der Waals surface area contributed by atoms with E-state index in [2.05, 4.69) is 19.2 Å². The molecule has 0 spiro atoms. The van der Waals surface area contributed by atoms with Crippen molar-refractivity contribution in [3.8, 4) is 0 Å². The van der Waals surface area contributed by atoms with Crippen LogP contribution in [0.4, 0.5) is 0 Å². The van der Waals surface area contributed by atoms with Crippen LogP contribution in [0.5, 0.6) is 0 Å². The maximum Gasteiger partial charge on any atom is 0.219 e. The normalized spacial score (nSPS) is 10.6. The van der Waals surface area contributed by atoms with Gasteiger partial charge in [0.1, 0.15) is 0 Å². The molecule has 0 unspecified atom stereocenters. The first-order valence-corrected chi connectivity index (χ1v) is 5.93. The molecule has 0 aliphatic rings. The van der Waals surface area contributed by atoms with E-state index in [0.717, 1.165) is 18.9 Å². The lowest BCUT2D eigenvalue weighted by Gasteiger charge is -2.04. The predicted molar refractivity (Wildman–Crippen MR) is 61.2 cm³/mol. The zero-order valence-electron chi connectivity index (χ0n) is 9.94. The lowest BCUT2D eigenvalue weighted by molar-refractivity contribution is -0.121. The predicted octanol–water partition coefficient (Wildman–Crippen LogP) is 3.12. The van der Waals surface area contributed by atoms with Crippen molar-refractivity contribution in [3.63, 3.8) is 0 Å². The molecule has 0 radical (unpaired) electrons. The first-order valence-electron chi connectivity index (χ1n) is 5.93. The van der Waals surface area contributed by atoms with Crippen LogP contribution in [0, 0.1) is 5.92 Å². The van der Waals surface area contributed by atoms with Gasteiger partial charge in [0.25, 0.3) is 0 Å². The second-order valence-corrected chi connectivity index (χ2v) is 4.30. The monoisotopic (exact) mass is 199 g/mol. The summed E-state index contributed by atoms with van der Waals surface area (Å²) in [4.78, 5) is 11.1. The van der Waals surface area contributed by atoms with Gasteiger partial charge in [0.2, 0.25) is 5.91 Å². The van der Waals surface area contributed by atoms with Crippen molar-refractivity contribution in [1.29, 1.82) is 0 Å². The second kappa shape index (κ2) is 9.04. The highest BCUT2D eigenvalue weighted by atomic mass is 16.1. The molecule has 0 rings (SSSR count). The van der Waals surface area contributed by atoms with E-state index in [1.165, 1.54) is 25.7 Å². The quantitative estimate of drug-likeness (QED) is 0.598. The van der Waals surface area contributed by atoms with Crippen LogP contribution in [-0.4, -0.2) is 12.5 Å². The molecular formula is C12H25NO. The van der Waals surface area contributed by atoms with Gasteiger partial charge in [-0.2, -0.15) is 0 Å². The first kappa shape index (κ1) is 13.5. The smallest absolute Gasteiger partial charge is 0.219 e. The number of hydrogen-bond donors (Lipinski definition) is 1. The van der Waals surface area contributed by atoms with E-state index < -0.39 is 0 Å². The Kier molecular flexibility index (Phi) is 8.70. The van der Waals surface area contributed by atoms with E-state index in [0.29, 0.717) is 6.42 Å². The van der Waals surface area contributed by atoms with Crippen LogP contribution in [-0.2, 0) is 4.79 Å². The number of carbonyl (C=O) groups is 1. The van der Waals surface area contributed by atoms with Gasteiger partial charge in [0.15, 0.2) is 0 Å². The fourth-order valence-electron chi connectivity index (χ4n) is 1.48. The zero-order chi connectivity index (χ0) is 10.8. The third-order valence-electron chi connectivity index (χ3n) is 2.31. The lowest BCUT2D eigenvalue weighted by Crippen LogP contribution is -2.21. The third-order valence-corrected chi connectivity index (χ3v) is 2.31. The van der Waals surface area contributed by atoms with Crippen molar-refractivity contribution in [2.24, 2.45) is 5.92 Å². The van der Waals surface area contributed by atoms with Crippen molar-refractivity contribution in [3.05, 3.63) is 0 Å². The molecule has 84 valence electrons. The maximum atomic E-state index is 11.1. The second-order valence-electron chi connectivity index (χ2n) is 4.30. The SMILES string of the molecule is CCNC(=O)CCCCCCC(C)C. The van der Waals surface area contributed by atoms with Crippen molar-refractivity contribution in [1.82, 2.24) is 5.32 Å². The molecule has 0 heterocycles. The Morgan fingerprint density at radius 1 is 1.14 bits per heavy atom. The lowest BCUT2D eigenvalue weighted by atomic mass is 10.0. The minimum absolute atomic E-state index is 0.205. The molecule has 0 fully saturated rings. The summed E-state index contributed by atoms with van der Waals surface area (Å²) in [6.07, 6.45) is 6.86. The van der Waals surface area contributed by atoms with Gasteiger partial charge in [-0.3, -0.25) is 4.79 Å². The Morgan fingerprint density at radius 2 is 1.79 bits per heavy atom.